The van der Waals surface area contributed by atoms with Crippen molar-refractivity contribution in [2.75, 3.05) is 0 Å². The zero-order valence-corrected chi connectivity index (χ0v) is 7.53. The number of carbonyl (C=O) groups is 1. The lowest BCUT2D eigenvalue weighted by molar-refractivity contribution is 0.0687. The van der Waals surface area contributed by atoms with Crippen molar-refractivity contribution in [3.8, 4) is 0 Å². The maximum atomic E-state index is 10.7. The molecule has 1 atom stereocenters. The first-order chi connectivity index (χ1) is 5.99. The van der Waals surface area contributed by atoms with Gasteiger partial charge in [0.25, 0.3) is 0 Å². The number of aromatic carboxylic acids is 1. The highest BCUT2D eigenvalue weighted by molar-refractivity contribution is 5.86. The standard InChI is InChI=1S/C7H12N4O2/c1-3-7(2,8)5-4(6(12)13)9-11-10-5/h3,8H2,1-2H3,(H,12,13)(H,9,10,11). The molecular formula is C7H12N4O2. The van der Waals surface area contributed by atoms with Crippen molar-refractivity contribution in [1.82, 2.24) is 15.4 Å². The molecule has 0 radical (unpaired) electrons. The van der Waals surface area contributed by atoms with Crippen LogP contribution in [0.4, 0.5) is 0 Å². The Bertz CT molecular complexity index is 318. The first-order valence-corrected chi connectivity index (χ1v) is 3.92. The van der Waals surface area contributed by atoms with Crippen molar-refractivity contribution in [1.29, 1.82) is 0 Å². The van der Waals surface area contributed by atoms with Gasteiger partial charge in [-0.1, -0.05) is 6.92 Å². The van der Waals surface area contributed by atoms with Gasteiger partial charge in [0.2, 0.25) is 0 Å². The summed E-state index contributed by atoms with van der Waals surface area (Å²) in [6.45, 7) is 3.58. The maximum absolute atomic E-state index is 10.7. The molecule has 0 bridgehead atoms. The molecule has 0 spiro atoms. The van der Waals surface area contributed by atoms with E-state index in [0.29, 0.717) is 12.1 Å². The van der Waals surface area contributed by atoms with Gasteiger partial charge in [0.15, 0.2) is 5.69 Å². The number of carboxylic acid groups (broad SMARTS) is 1. The predicted octanol–water partition coefficient (Wildman–Crippen LogP) is 0.0868. The Morgan fingerprint density at radius 1 is 1.69 bits per heavy atom. The smallest absolute Gasteiger partial charge is 0.358 e. The molecule has 72 valence electrons. The summed E-state index contributed by atoms with van der Waals surface area (Å²) < 4.78 is 0. The minimum absolute atomic E-state index is 0.105. The van der Waals surface area contributed by atoms with E-state index in [1.165, 1.54) is 0 Å². The van der Waals surface area contributed by atoms with Crippen molar-refractivity contribution in [3.05, 3.63) is 11.4 Å². The van der Waals surface area contributed by atoms with E-state index >= 15 is 0 Å². The first kappa shape index (κ1) is 9.66. The van der Waals surface area contributed by atoms with E-state index in [1.807, 2.05) is 6.92 Å². The van der Waals surface area contributed by atoms with Crippen LogP contribution in [0.1, 0.15) is 36.5 Å². The number of rotatable bonds is 3. The van der Waals surface area contributed by atoms with Crippen LogP contribution in [0.3, 0.4) is 0 Å². The van der Waals surface area contributed by atoms with Crippen LogP contribution in [-0.4, -0.2) is 26.5 Å². The molecule has 0 aliphatic heterocycles. The van der Waals surface area contributed by atoms with Gasteiger partial charge in [0, 0.05) is 0 Å². The van der Waals surface area contributed by atoms with Crippen LogP contribution in [0.25, 0.3) is 0 Å². The van der Waals surface area contributed by atoms with Gasteiger partial charge in [-0.15, -0.1) is 5.10 Å². The summed E-state index contributed by atoms with van der Waals surface area (Å²) in [6, 6.07) is 0. The second-order valence-electron chi connectivity index (χ2n) is 3.10. The third-order valence-electron chi connectivity index (χ3n) is 2.03. The molecule has 0 aromatic carbocycles. The molecule has 1 aromatic rings. The molecule has 4 N–H and O–H groups in total. The maximum Gasteiger partial charge on any atom is 0.358 e. The number of hydrogen-bond acceptors (Lipinski definition) is 4. The van der Waals surface area contributed by atoms with E-state index in [-0.39, 0.29) is 5.69 Å². The monoisotopic (exact) mass is 184 g/mol. The van der Waals surface area contributed by atoms with Gasteiger partial charge in [0.05, 0.1) is 5.54 Å². The highest BCUT2D eigenvalue weighted by atomic mass is 16.4. The van der Waals surface area contributed by atoms with Crippen LogP contribution in [0.5, 0.6) is 0 Å². The normalized spacial score (nSPS) is 15.3. The average molecular weight is 184 g/mol. The summed E-state index contributed by atoms with van der Waals surface area (Å²) in [7, 11) is 0. The molecule has 1 heterocycles. The molecule has 0 saturated heterocycles. The molecule has 0 aliphatic rings. The highest BCUT2D eigenvalue weighted by Crippen LogP contribution is 2.20. The van der Waals surface area contributed by atoms with Crippen LogP contribution in [0.15, 0.2) is 0 Å². The summed E-state index contributed by atoms with van der Waals surface area (Å²) in [5.74, 6) is -1.12. The van der Waals surface area contributed by atoms with Crippen LogP contribution in [-0.2, 0) is 5.54 Å². The van der Waals surface area contributed by atoms with E-state index in [0.717, 1.165) is 0 Å². The molecule has 0 saturated carbocycles. The van der Waals surface area contributed by atoms with Crippen molar-refractivity contribution in [3.63, 3.8) is 0 Å². The number of aromatic nitrogens is 3. The summed E-state index contributed by atoms with van der Waals surface area (Å²) in [5, 5.41) is 18.2. The Morgan fingerprint density at radius 2 is 2.31 bits per heavy atom. The molecule has 13 heavy (non-hydrogen) atoms. The number of aromatic amines is 1. The third kappa shape index (κ3) is 1.67. The number of nitrogens with one attached hydrogen (secondary N) is 1. The van der Waals surface area contributed by atoms with Gasteiger partial charge >= 0.3 is 5.97 Å². The molecule has 1 rings (SSSR count). The lowest BCUT2D eigenvalue weighted by Crippen LogP contribution is -2.34. The number of carboxylic acids is 1. The fourth-order valence-electron chi connectivity index (χ4n) is 0.946. The van der Waals surface area contributed by atoms with Crippen LogP contribution < -0.4 is 5.73 Å². The fraction of sp³-hybridized carbons (Fsp3) is 0.571. The van der Waals surface area contributed by atoms with Crippen LogP contribution in [0, 0.1) is 0 Å². The number of H-pyrrole nitrogens is 1. The Balaban J connectivity index is 3.14. The predicted molar refractivity (Wildman–Crippen MR) is 45.2 cm³/mol. The minimum Gasteiger partial charge on any atom is -0.476 e. The Labute approximate surface area is 75.1 Å². The van der Waals surface area contributed by atoms with Gasteiger partial charge in [-0.3, -0.25) is 0 Å². The lowest BCUT2D eigenvalue weighted by Gasteiger charge is -2.19. The lowest BCUT2D eigenvalue weighted by atomic mass is 9.94. The molecule has 0 amide bonds. The van der Waals surface area contributed by atoms with Crippen LogP contribution in [0.2, 0.25) is 0 Å². The topological polar surface area (TPSA) is 105 Å². The zero-order valence-electron chi connectivity index (χ0n) is 7.53. The van der Waals surface area contributed by atoms with Crippen molar-refractivity contribution < 1.29 is 9.90 Å². The largest absolute Gasteiger partial charge is 0.476 e. The highest BCUT2D eigenvalue weighted by Gasteiger charge is 2.29. The quantitative estimate of drug-likeness (QED) is 0.617. The second-order valence-corrected chi connectivity index (χ2v) is 3.10. The second kappa shape index (κ2) is 3.14. The molecule has 0 fully saturated rings. The van der Waals surface area contributed by atoms with Gasteiger partial charge in [-0.05, 0) is 13.3 Å². The minimum atomic E-state index is -1.12. The van der Waals surface area contributed by atoms with Gasteiger partial charge in [-0.2, -0.15) is 10.3 Å². The SMILES string of the molecule is CCC(C)(N)c1n[nH]nc1C(=O)O. The molecule has 1 unspecified atom stereocenters. The van der Waals surface area contributed by atoms with E-state index in [2.05, 4.69) is 15.4 Å². The van der Waals surface area contributed by atoms with Gasteiger partial charge in [0.1, 0.15) is 5.69 Å². The van der Waals surface area contributed by atoms with E-state index in [9.17, 15) is 4.79 Å². The summed E-state index contributed by atoms with van der Waals surface area (Å²) >= 11 is 0. The van der Waals surface area contributed by atoms with Crippen molar-refractivity contribution in [2.24, 2.45) is 5.73 Å². The van der Waals surface area contributed by atoms with E-state index in [1.54, 1.807) is 6.92 Å². The van der Waals surface area contributed by atoms with Crippen molar-refractivity contribution >= 4 is 5.97 Å². The zero-order chi connectivity index (χ0) is 10.1. The summed E-state index contributed by atoms with van der Waals surface area (Å²) in [5.41, 5.74) is 5.27. The summed E-state index contributed by atoms with van der Waals surface area (Å²) in [4.78, 5) is 10.7. The fourth-order valence-corrected chi connectivity index (χ4v) is 0.946. The number of nitrogens with zero attached hydrogens (tertiary/aromatic N) is 2. The van der Waals surface area contributed by atoms with E-state index in [4.69, 9.17) is 10.8 Å². The van der Waals surface area contributed by atoms with Gasteiger partial charge < -0.3 is 10.8 Å². The first-order valence-electron chi connectivity index (χ1n) is 3.92. The molecule has 0 aliphatic carbocycles. The Hall–Kier alpha value is -1.43. The molecule has 6 nitrogen and oxygen atoms in total. The number of nitrogens with two attached hydrogens (primary N) is 1. The third-order valence-corrected chi connectivity index (χ3v) is 2.03. The van der Waals surface area contributed by atoms with Crippen molar-refractivity contribution in [2.45, 2.75) is 25.8 Å². The number of hydrogen-bond donors (Lipinski definition) is 3. The summed E-state index contributed by atoms with van der Waals surface area (Å²) in [6.07, 6.45) is 0.597. The Kier molecular flexibility index (Phi) is 2.33. The van der Waals surface area contributed by atoms with Crippen LogP contribution >= 0.6 is 0 Å². The van der Waals surface area contributed by atoms with Gasteiger partial charge in [-0.25, -0.2) is 4.79 Å². The molecule has 1 aromatic heterocycles. The molecule has 6 heteroatoms. The molecular weight excluding hydrogens is 172 g/mol. The Morgan fingerprint density at radius 3 is 2.77 bits per heavy atom. The average Bonchev–Trinajstić information content (AvgIpc) is 2.52. The van der Waals surface area contributed by atoms with E-state index < -0.39 is 11.5 Å².